The van der Waals surface area contributed by atoms with Crippen molar-refractivity contribution in [1.29, 1.82) is 0 Å². The van der Waals surface area contributed by atoms with Gasteiger partial charge in [-0.25, -0.2) is 0 Å². The van der Waals surface area contributed by atoms with Gasteiger partial charge < -0.3 is 10.1 Å². The molecule has 0 saturated heterocycles. The smallest absolute Gasteiger partial charge is 0.257 e. The van der Waals surface area contributed by atoms with Crippen molar-refractivity contribution < 1.29 is 9.53 Å². The largest absolute Gasteiger partial charge is 0.492 e. The van der Waals surface area contributed by atoms with Gasteiger partial charge in [-0.3, -0.25) is 10.1 Å². The summed E-state index contributed by atoms with van der Waals surface area (Å²) < 4.78 is 6.42. The molecule has 0 fully saturated rings. The summed E-state index contributed by atoms with van der Waals surface area (Å²) in [7, 11) is 0. The number of thiocarbonyl (C=S) groups is 1. The second-order valence-corrected chi connectivity index (χ2v) is 8.26. The fourth-order valence-corrected chi connectivity index (χ4v) is 3.28. The van der Waals surface area contributed by atoms with Gasteiger partial charge in [0.05, 0.1) is 26.8 Å². The lowest BCUT2D eigenvalue weighted by Crippen LogP contribution is -2.34. The molecule has 144 valence electrons. The third-order valence-corrected chi connectivity index (χ3v) is 5.03. The van der Waals surface area contributed by atoms with Crippen LogP contribution in [0.2, 0.25) is 10.0 Å². The summed E-state index contributed by atoms with van der Waals surface area (Å²) in [5.41, 5.74) is 0.883. The second-order valence-electron chi connectivity index (χ2n) is 6.18. The molecule has 0 saturated carbocycles. The van der Waals surface area contributed by atoms with Crippen LogP contribution in [-0.4, -0.2) is 17.6 Å². The Labute approximate surface area is 182 Å². The first-order chi connectivity index (χ1) is 12.8. The third kappa shape index (κ3) is 6.64. The molecule has 8 heteroatoms. The predicted octanol–water partition coefficient (Wildman–Crippen LogP) is 6.31. The molecule has 2 aromatic carbocycles. The minimum atomic E-state index is -0.356. The quantitative estimate of drug-likeness (QED) is 0.467. The van der Waals surface area contributed by atoms with Crippen LogP contribution >= 0.6 is 51.3 Å². The summed E-state index contributed by atoms with van der Waals surface area (Å²) in [6.45, 7) is 4.89. The van der Waals surface area contributed by atoms with E-state index in [2.05, 4.69) is 40.4 Å². The number of nitrogens with one attached hydrogen (secondary N) is 2. The summed E-state index contributed by atoms with van der Waals surface area (Å²) in [6.07, 6.45) is 0.958. The molecule has 2 N–H and O–H groups in total. The van der Waals surface area contributed by atoms with Crippen molar-refractivity contribution in [3.63, 3.8) is 0 Å². The van der Waals surface area contributed by atoms with E-state index in [1.165, 1.54) is 0 Å². The molecule has 0 aliphatic heterocycles. The van der Waals surface area contributed by atoms with Gasteiger partial charge in [0.1, 0.15) is 5.75 Å². The highest BCUT2D eigenvalue weighted by Gasteiger charge is 2.13. The molecule has 0 bridgehead atoms. The normalized spacial score (nSPS) is 10.6. The zero-order chi connectivity index (χ0) is 20.0. The van der Waals surface area contributed by atoms with Gasteiger partial charge in [-0.1, -0.05) is 43.1 Å². The summed E-state index contributed by atoms with van der Waals surface area (Å²) in [5.74, 6) is 0.898. The molecule has 4 nitrogen and oxygen atoms in total. The minimum absolute atomic E-state index is 0.100. The molecule has 0 heterocycles. The molecular weight excluding hydrogens is 471 g/mol. The van der Waals surface area contributed by atoms with Gasteiger partial charge in [-0.2, -0.15) is 0 Å². The van der Waals surface area contributed by atoms with Gasteiger partial charge in [0.25, 0.3) is 5.91 Å². The maximum Gasteiger partial charge on any atom is 0.257 e. The molecule has 0 atom stereocenters. The first kappa shape index (κ1) is 22.0. The van der Waals surface area contributed by atoms with E-state index in [4.69, 9.17) is 40.2 Å². The number of ether oxygens (including phenoxy) is 1. The number of benzene rings is 2. The number of carbonyl (C=O) groups is 1. The first-order valence-electron chi connectivity index (χ1n) is 8.26. The number of halogens is 3. The average molecular weight is 490 g/mol. The van der Waals surface area contributed by atoms with Crippen LogP contribution in [0.5, 0.6) is 5.75 Å². The Morgan fingerprint density at radius 1 is 1.22 bits per heavy atom. The van der Waals surface area contributed by atoms with E-state index in [1.54, 1.807) is 36.4 Å². The standard InChI is InChI=1S/C19H19BrCl2N2O2S/c1-11(2)8-9-26-16-7-6-12(10-13(16)20)18(25)24-19(27)23-17-14(21)4-3-5-15(17)22/h3-7,10-11H,8-9H2,1-2H3,(H2,23,24,25,27). The first-order valence-corrected chi connectivity index (χ1v) is 10.2. The molecule has 2 aromatic rings. The van der Waals surface area contributed by atoms with Gasteiger partial charge in [0, 0.05) is 5.56 Å². The van der Waals surface area contributed by atoms with Gasteiger partial charge in [-0.15, -0.1) is 0 Å². The molecule has 0 unspecified atom stereocenters. The van der Waals surface area contributed by atoms with Crippen molar-refractivity contribution >= 4 is 68.1 Å². The second kappa shape index (κ2) is 10.3. The Bertz CT molecular complexity index is 826. The number of anilines is 1. The zero-order valence-corrected chi connectivity index (χ0v) is 18.7. The Hall–Kier alpha value is -1.34. The monoisotopic (exact) mass is 488 g/mol. The Kier molecular flexibility index (Phi) is 8.35. The van der Waals surface area contributed by atoms with Crippen LogP contribution < -0.4 is 15.4 Å². The lowest BCUT2D eigenvalue weighted by Gasteiger charge is -2.13. The van der Waals surface area contributed by atoms with Crippen molar-refractivity contribution in [2.45, 2.75) is 20.3 Å². The Balaban J connectivity index is 1.99. The lowest BCUT2D eigenvalue weighted by atomic mass is 10.1. The SMILES string of the molecule is CC(C)CCOc1ccc(C(=O)NC(=S)Nc2c(Cl)cccc2Cl)cc1Br. The Morgan fingerprint density at radius 2 is 1.89 bits per heavy atom. The van der Waals surface area contributed by atoms with Crippen LogP contribution in [0, 0.1) is 5.92 Å². The van der Waals surface area contributed by atoms with Crippen LogP contribution in [0.4, 0.5) is 5.69 Å². The van der Waals surface area contributed by atoms with Crippen LogP contribution in [0.25, 0.3) is 0 Å². The number of carbonyl (C=O) groups excluding carboxylic acids is 1. The zero-order valence-electron chi connectivity index (χ0n) is 14.8. The molecular formula is C19H19BrCl2N2O2S. The lowest BCUT2D eigenvalue weighted by molar-refractivity contribution is 0.0977. The van der Waals surface area contributed by atoms with Crippen LogP contribution in [0.1, 0.15) is 30.6 Å². The van der Waals surface area contributed by atoms with Crippen molar-refractivity contribution in [2.75, 3.05) is 11.9 Å². The van der Waals surface area contributed by atoms with Gasteiger partial charge >= 0.3 is 0 Å². The summed E-state index contributed by atoms with van der Waals surface area (Å²) in [4.78, 5) is 12.4. The van der Waals surface area contributed by atoms with Crippen LogP contribution in [0.15, 0.2) is 40.9 Å². The molecule has 0 aliphatic carbocycles. The fourth-order valence-electron chi connectivity index (χ4n) is 2.10. The number of rotatable bonds is 6. The highest BCUT2D eigenvalue weighted by Crippen LogP contribution is 2.30. The molecule has 0 radical (unpaired) electrons. The van der Waals surface area contributed by atoms with Crippen LogP contribution in [0.3, 0.4) is 0 Å². The fraction of sp³-hybridized carbons (Fsp3) is 0.263. The van der Waals surface area contributed by atoms with Gasteiger partial charge in [0.15, 0.2) is 5.11 Å². The highest BCUT2D eigenvalue weighted by molar-refractivity contribution is 9.10. The number of hydrogen-bond donors (Lipinski definition) is 2. The van der Waals surface area contributed by atoms with Gasteiger partial charge in [0.2, 0.25) is 0 Å². The number of amides is 1. The van der Waals surface area contributed by atoms with Crippen molar-refractivity contribution in [2.24, 2.45) is 5.92 Å². The Morgan fingerprint density at radius 3 is 2.48 bits per heavy atom. The molecule has 0 aliphatic rings. The van der Waals surface area contributed by atoms with Crippen LogP contribution in [-0.2, 0) is 0 Å². The maximum atomic E-state index is 12.4. The molecule has 2 rings (SSSR count). The van der Waals surface area contributed by atoms with E-state index < -0.39 is 0 Å². The van der Waals surface area contributed by atoms with E-state index in [1.807, 2.05) is 0 Å². The molecule has 0 aromatic heterocycles. The van der Waals surface area contributed by atoms with E-state index in [0.29, 0.717) is 44.0 Å². The molecule has 27 heavy (non-hydrogen) atoms. The summed E-state index contributed by atoms with van der Waals surface area (Å²) >= 11 is 20.8. The predicted molar refractivity (Wildman–Crippen MR) is 119 cm³/mol. The van der Waals surface area contributed by atoms with E-state index >= 15 is 0 Å². The number of hydrogen-bond acceptors (Lipinski definition) is 3. The maximum absolute atomic E-state index is 12.4. The average Bonchev–Trinajstić information content (AvgIpc) is 2.59. The highest BCUT2D eigenvalue weighted by atomic mass is 79.9. The number of para-hydroxylation sites is 1. The summed E-state index contributed by atoms with van der Waals surface area (Å²) in [6, 6.07) is 10.2. The minimum Gasteiger partial charge on any atom is -0.492 e. The van der Waals surface area contributed by atoms with Crippen molar-refractivity contribution in [1.82, 2.24) is 5.32 Å². The molecule has 0 spiro atoms. The third-order valence-electron chi connectivity index (χ3n) is 3.58. The van der Waals surface area contributed by atoms with Gasteiger partial charge in [-0.05, 0) is 70.8 Å². The topological polar surface area (TPSA) is 50.4 Å². The van der Waals surface area contributed by atoms with E-state index in [9.17, 15) is 4.79 Å². The van der Waals surface area contributed by atoms with E-state index in [0.717, 1.165) is 6.42 Å². The molecule has 1 amide bonds. The van der Waals surface area contributed by atoms with E-state index in [-0.39, 0.29) is 11.0 Å². The summed E-state index contributed by atoms with van der Waals surface area (Å²) in [5, 5.41) is 6.36. The van der Waals surface area contributed by atoms with Crippen molar-refractivity contribution in [3.8, 4) is 5.75 Å². The van der Waals surface area contributed by atoms with Crippen molar-refractivity contribution in [3.05, 3.63) is 56.5 Å².